The number of rotatable bonds is 3. The van der Waals surface area contributed by atoms with E-state index in [2.05, 4.69) is 5.32 Å². The van der Waals surface area contributed by atoms with Gasteiger partial charge in [0.2, 0.25) is 15.9 Å². The molecule has 2 aromatic carbocycles. The fourth-order valence-corrected chi connectivity index (χ4v) is 5.04. The molecule has 2 heterocycles. The quantitative estimate of drug-likeness (QED) is 0.897. The van der Waals surface area contributed by atoms with Crippen molar-refractivity contribution in [1.29, 1.82) is 0 Å². The van der Waals surface area contributed by atoms with Crippen molar-refractivity contribution in [3.8, 4) is 5.75 Å². The molecule has 1 amide bonds. The summed E-state index contributed by atoms with van der Waals surface area (Å²) < 4.78 is 33.1. The number of amides is 1. The number of nitrogens with one attached hydrogen (secondary N) is 1. The van der Waals surface area contributed by atoms with Crippen LogP contribution in [0.4, 0.5) is 5.69 Å². The fourth-order valence-electron chi connectivity index (χ4n) is 3.57. The zero-order valence-electron chi connectivity index (χ0n) is 14.5. The topological polar surface area (TPSA) is 75.7 Å². The van der Waals surface area contributed by atoms with Crippen molar-refractivity contribution in [1.82, 2.24) is 4.31 Å². The summed E-state index contributed by atoms with van der Waals surface area (Å²) in [5.74, 6) is 0.640. The number of anilines is 1. The van der Waals surface area contributed by atoms with E-state index >= 15 is 0 Å². The van der Waals surface area contributed by atoms with E-state index in [1.807, 2.05) is 18.2 Å². The second-order valence-corrected chi connectivity index (χ2v) is 8.52. The van der Waals surface area contributed by atoms with E-state index in [0.29, 0.717) is 31.0 Å². The van der Waals surface area contributed by atoms with Crippen molar-refractivity contribution in [3.63, 3.8) is 0 Å². The summed E-state index contributed by atoms with van der Waals surface area (Å²) in [7, 11) is -3.57. The fraction of sp³-hybridized carbons (Fsp3) is 0.316. The van der Waals surface area contributed by atoms with Gasteiger partial charge in [0.25, 0.3) is 0 Å². The van der Waals surface area contributed by atoms with Crippen LogP contribution in [0.15, 0.2) is 41.3 Å². The maximum absolute atomic E-state index is 13.1. The van der Waals surface area contributed by atoms with E-state index in [-0.39, 0.29) is 5.91 Å². The Bertz CT molecular complexity index is 985. The smallest absolute Gasteiger partial charge is 0.243 e. The second kappa shape index (κ2) is 6.41. The van der Waals surface area contributed by atoms with E-state index < -0.39 is 10.0 Å². The van der Waals surface area contributed by atoms with Crippen LogP contribution in [-0.4, -0.2) is 31.8 Å². The van der Waals surface area contributed by atoms with Crippen LogP contribution in [-0.2, 0) is 34.2 Å². The van der Waals surface area contributed by atoms with Crippen molar-refractivity contribution in [2.45, 2.75) is 31.2 Å². The number of carbonyl (C=O) groups excluding carboxylic acids is 1. The van der Waals surface area contributed by atoms with E-state index in [0.717, 1.165) is 34.5 Å². The first-order valence-electron chi connectivity index (χ1n) is 8.59. The van der Waals surface area contributed by atoms with Crippen LogP contribution in [0.1, 0.15) is 23.6 Å². The molecule has 0 atom stereocenters. The molecular formula is C19H20N2O4S. The summed E-state index contributed by atoms with van der Waals surface area (Å²) in [6.07, 6.45) is 1.31. The van der Waals surface area contributed by atoms with Crippen LogP contribution in [0.25, 0.3) is 0 Å². The molecule has 0 aliphatic carbocycles. The minimum absolute atomic E-state index is 0.131. The number of fused-ring (bicyclic) bond motifs is 2. The first-order valence-corrected chi connectivity index (χ1v) is 10.0. The number of ether oxygens (including phenoxy) is 1. The normalized spacial score (nSPS) is 16.5. The summed E-state index contributed by atoms with van der Waals surface area (Å²) in [6.45, 7) is 2.76. The predicted molar refractivity (Wildman–Crippen MR) is 97.7 cm³/mol. The molecule has 4 rings (SSSR count). The Kier molecular flexibility index (Phi) is 4.20. The largest absolute Gasteiger partial charge is 0.493 e. The van der Waals surface area contributed by atoms with Gasteiger partial charge in [-0.25, -0.2) is 8.42 Å². The van der Waals surface area contributed by atoms with E-state index in [1.165, 1.54) is 11.2 Å². The van der Waals surface area contributed by atoms with Crippen LogP contribution in [0.5, 0.6) is 5.75 Å². The molecule has 2 aliphatic heterocycles. The van der Waals surface area contributed by atoms with Gasteiger partial charge in [-0.1, -0.05) is 12.1 Å². The van der Waals surface area contributed by atoms with Gasteiger partial charge in [-0.2, -0.15) is 4.31 Å². The van der Waals surface area contributed by atoms with E-state index in [9.17, 15) is 13.2 Å². The Morgan fingerprint density at radius 2 is 2.00 bits per heavy atom. The average molecular weight is 372 g/mol. The monoisotopic (exact) mass is 372 g/mol. The average Bonchev–Trinajstić information content (AvgIpc) is 3.09. The van der Waals surface area contributed by atoms with Crippen molar-refractivity contribution in [2.24, 2.45) is 0 Å². The van der Waals surface area contributed by atoms with Gasteiger partial charge in [0, 0.05) is 32.1 Å². The lowest BCUT2D eigenvalue weighted by Gasteiger charge is -2.29. The van der Waals surface area contributed by atoms with Gasteiger partial charge in [-0.05, 0) is 47.4 Å². The summed E-state index contributed by atoms with van der Waals surface area (Å²) in [4.78, 5) is 11.7. The highest BCUT2D eigenvalue weighted by Gasteiger charge is 2.30. The Morgan fingerprint density at radius 3 is 2.81 bits per heavy atom. The number of benzene rings is 2. The Labute approximate surface area is 152 Å². The molecule has 2 aliphatic rings. The third-order valence-corrected chi connectivity index (χ3v) is 6.68. The van der Waals surface area contributed by atoms with Crippen LogP contribution >= 0.6 is 0 Å². The Balaban J connectivity index is 1.63. The molecule has 7 heteroatoms. The molecular weight excluding hydrogens is 352 g/mol. The van der Waals surface area contributed by atoms with Crippen LogP contribution < -0.4 is 10.1 Å². The van der Waals surface area contributed by atoms with Crippen molar-refractivity contribution >= 4 is 21.6 Å². The van der Waals surface area contributed by atoms with Crippen molar-refractivity contribution in [2.75, 3.05) is 18.5 Å². The highest BCUT2D eigenvalue weighted by atomic mass is 32.2. The van der Waals surface area contributed by atoms with Gasteiger partial charge in [0.1, 0.15) is 5.75 Å². The molecule has 6 nitrogen and oxygen atoms in total. The number of hydrogen-bond donors (Lipinski definition) is 1. The predicted octanol–water partition coefficient (Wildman–Crippen LogP) is 2.33. The molecule has 0 saturated heterocycles. The number of hydrogen-bond acceptors (Lipinski definition) is 4. The summed E-state index contributed by atoms with van der Waals surface area (Å²) in [5, 5.41) is 2.83. The third kappa shape index (κ3) is 2.97. The van der Waals surface area contributed by atoms with Crippen LogP contribution in [0, 0.1) is 0 Å². The molecule has 0 spiro atoms. The summed E-state index contributed by atoms with van der Waals surface area (Å²) in [6, 6.07) is 10.7. The van der Waals surface area contributed by atoms with Gasteiger partial charge in [-0.3, -0.25) is 4.79 Å². The highest BCUT2D eigenvalue weighted by Crippen LogP contribution is 2.32. The molecule has 0 bridgehead atoms. The Hall–Kier alpha value is -2.38. The molecule has 0 radical (unpaired) electrons. The lowest BCUT2D eigenvalue weighted by Crippen LogP contribution is -2.36. The molecule has 0 fully saturated rings. The SMILES string of the molecule is CC(=O)Nc1cccc2c1CCN(S(=O)(=O)c1ccc3c(c1)CCO3)C2. The molecule has 26 heavy (non-hydrogen) atoms. The lowest BCUT2D eigenvalue weighted by molar-refractivity contribution is -0.114. The van der Waals surface area contributed by atoms with Gasteiger partial charge in [-0.15, -0.1) is 0 Å². The standard InChI is InChI=1S/C19H20N2O4S/c1-13(22)20-18-4-2-3-15-12-21(9-7-17(15)18)26(23,24)16-5-6-19-14(11-16)8-10-25-19/h2-6,11H,7-10,12H2,1H3,(H,20,22). The van der Waals surface area contributed by atoms with Crippen molar-refractivity contribution in [3.05, 3.63) is 53.1 Å². The molecule has 2 aromatic rings. The first-order chi connectivity index (χ1) is 12.4. The van der Waals surface area contributed by atoms with Crippen molar-refractivity contribution < 1.29 is 17.9 Å². The molecule has 1 N–H and O–H groups in total. The summed E-state index contributed by atoms with van der Waals surface area (Å²) in [5.41, 5.74) is 3.64. The minimum atomic E-state index is -3.57. The molecule has 0 saturated carbocycles. The second-order valence-electron chi connectivity index (χ2n) is 6.58. The number of carbonyl (C=O) groups is 1. The van der Waals surface area contributed by atoms with Crippen LogP contribution in [0.2, 0.25) is 0 Å². The zero-order chi connectivity index (χ0) is 18.3. The molecule has 0 aromatic heterocycles. The first kappa shape index (κ1) is 17.1. The Morgan fingerprint density at radius 1 is 1.15 bits per heavy atom. The molecule has 136 valence electrons. The van der Waals surface area contributed by atoms with E-state index in [1.54, 1.807) is 18.2 Å². The zero-order valence-corrected chi connectivity index (χ0v) is 15.3. The maximum Gasteiger partial charge on any atom is 0.243 e. The van der Waals surface area contributed by atoms with Gasteiger partial charge in [0.05, 0.1) is 11.5 Å². The van der Waals surface area contributed by atoms with Gasteiger partial charge >= 0.3 is 0 Å². The molecule has 0 unspecified atom stereocenters. The maximum atomic E-state index is 13.1. The van der Waals surface area contributed by atoms with Gasteiger partial charge < -0.3 is 10.1 Å². The highest BCUT2D eigenvalue weighted by molar-refractivity contribution is 7.89. The van der Waals surface area contributed by atoms with Crippen LogP contribution in [0.3, 0.4) is 0 Å². The third-order valence-electron chi connectivity index (χ3n) is 4.84. The lowest BCUT2D eigenvalue weighted by atomic mass is 9.99. The number of nitrogens with zero attached hydrogens (tertiary/aromatic N) is 1. The minimum Gasteiger partial charge on any atom is -0.493 e. The van der Waals surface area contributed by atoms with E-state index in [4.69, 9.17) is 4.74 Å². The van der Waals surface area contributed by atoms with Gasteiger partial charge in [0.15, 0.2) is 0 Å². The number of sulfonamides is 1. The summed E-state index contributed by atoms with van der Waals surface area (Å²) >= 11 is 0.